The molecule has 1 N–H and O–H groups in total. The van der Waals surface area contributed by atoms with Gasteiger partial charge in [-0.2, -0.15) is 0 Å². The lowest BCUT2D eigenvalue weighted by Gasteiger charge is -2.33. The summed E-state index contributed by atoms with van der Waals surface area (Å²) in [7, 11) is 5.18. The summed E-state index contributed by atoms with van der Waals surface area (Å²) >= 11 is 0. The summed E-state index contributed by atoms with van der Waals surface area (Å²) in [6.07, 6.45) is 2.57. The molecule has 1 fully saturated rings. The number of carbonyl (C=O) groups is 2. The minimum atomic E-state index is -1.30. The number of anilines is 1. The van der Waals surface area contributed by atoms with E-state index in [2.05, 4.69) is 4.98 Å². The van der Waals surface area contributed by atoms with Crippen molar-refractivity contribution in [3.8, 4) is 0 Å². The minimum Gasteiger partial charge on any atom is -0.479 e. The van der Waals surface area contributed by atoms with Crippen LogP contribution in [0.3, 0.4) is 0 Å². The molecule has 1 saturated heterocycles. The molecule has 0 bridgehead atoms. The monoisotopic (exact) mass is 307 g/mol. The van der Waals surface area contributed by atoms with Crippen LogP contribution in [0.4, 0.5) is 5.69 Å². The maximum Gasteiger partial charge on any atom is 0.332 e. The van der Waals surface area contributed by atoms with Gasteiger partial charge in [0.05, 0.1) is 6.61 Å². The first-order valence-electron chi connectivity index (χ1n) is 7.10. The maximum atomic E-state index is 12.7. The van der Waals surface area contributed by atoms with Crippen LogP contribution in [0.15, 0.2) is 18.3 Å². The number of methoxy groups -OCH3 is 1. The van der Waals surface area contributed by atoms with E-state index in [0.29, 0.717) is 19.4 Å². The van der Waals surface area contributed by atoms with Gasteiger partial charge in [-0.1, -0.05) is 0 Å². The van der Waals surface area contributed by atoms with Crippen molar-refractivity contribution in [1.82, 2.24) is 9.88 Å². The number of hydrogen-bond donors (Lipinski definition) is 1. The molecule has 7 heteroatoms. The Hall–Kier alpha value is -2.15. The molecular formula is C15H21N3O4. The Bertz CT molecular complexity index is 576. The van der Waals surface area contributed by atoms with Gasteiger partial charge in [0.15, 0.2) is 5.54 Å². The number of rotatable bonds is 5. The van der Waals surface area contributed by atoms with Crippen LogP contribution < -0.4 is 4.90 Å². The SMILES string of the molecule is COCC1(C(=O)O)CCCN1C(=O)c1cc(N(C)C)ccn1. The lowest BCUT2D eigenvalue weighted by molar-refractivity contribution is -0.151. The number of pyridine rings is 1. The molecule has 120 valence electrons. The van der Waals surface area contributed by atoms with Crippen molar-refractivity contribution < 1.29 is 19.4 Å². The number of nitrogens with zero attached hydrogens (tertiary/aromatic N) is 3. The lowest BCUT2D eigenvalue weighted by atomic mass is 9.97. The van der Waals surface area contributed by atoms with E-state index in [0.717, 1.165) is 5.69 Å². The van der Waals surface area contributed by atoms with Gasteiger partial charge in [0, 0.05) is 39.6 Å². The maximum absolute atomic E-state index is 12.7. The molecule has 1 atom stereocenters. The molecule has 0 spiro atoms. The average Bonchev–Trinajstić information content (AvgIpc) is 2.92. The smallest absolute Gasteiger partial charge is 0.332 e. The van der Waals surface area contributed by atoms with Crippen LogP contribution >= 0.6 is 0 Å². The summed E-state index contributed by atoms with van der Waals surface area (Å²) in [4.78, 5) is 31.8. The topological polar surface area (TPSA) is 83.0 Å². The fourth-order valence-corrected chi connectivity index (χ4v) is 2.80. The van der Waals surface area contributed by atoms with E-state index >= 15 is 0 Å². The summed E-state index contributed by atoms with van der Waals surface area (Å²) < 4.78 is 5.07. The van der Waals surface area contributed by atoms with Gasteiger partial charge in [-0.3, -0.25) is 9.78 Å². The lowest BCUT2D eigenvalue weighted by Crippen LogP contribution is -2.56. The van der Waals surface area contributed by atoms with E-state index in [1.165, 1.54) is 12.0 Å². The van der Waals surface area contributed by atoms with E-state index in [9.17, 15) is 14.7 Å². The predicted octanol–water partition coefficient (Wildman–Crippen LogP) is 0.853. The van der Waals surface area contributed by atoms with E-state index in [-0.39, 0.29) is 18.2 Å². The Labute approximate surface area is 129 Å². The summed E-state index contributed by atoms with van der Waals surface area (Å²) in [6, 6.07) is 3.46. The number of aromatic nitrogens is 1. The average molecular weight is 307 g/mol. The second-order valence-corrected chi connectivity index (χ2v) is 5.62. The molecule has 1 unspecified atom stereocenters. The molecule has 1 aromatic rings. The van der Waals surface area contributed by atoms with Gasteiger partial charge >= 0.3 is 5.97 Å². The highest BCUT2D eigenvalue weighted by molar-refractivity contribution is 5.97. The normalized spacial score (nSPS) is 21.0. The van der Waals surface area contributed by atoms with Crippen molar-refractivity contribution >= 4 is 17.6 Å². The summed E-state index contributed by atoms with van der Waals surface area (Å²) in [5, 5.41) is 9.60. The van der Waals surface area contributed by atoms with Gasteiger partial charge in [0.25, 0.3) is 5.91 Å². The molecule has 1 aromatic heterocycles. The number of ether oxygens (including phenoxy) is 1. The van der Waals surface area contributed by atoms with E-state index in [1.807, 2.05) is 19.0 Å². The first-order valence-corrected chi connectivity index (χ1v) is 7.10. The zero-order valence-electron chi connectivity index (χ0n) is 13.1. The van der Waals surface area contributed by atoms with Crippen LogP contribution in [0.2, 0.25) is 0 Å². The van der Waals surface area contributed by atoms with Crippen molar-refractivity contribution in [2.24, 2.45) is 0 Å². The quantitative estimate of drug-likeness (QED) is 0.868. The molecule has 1 amide bonds. The molecule has 1 aliphatic rings. The molecule has 1 aliphatic heterocycles. The molecule has 2 heterocycles. The summed E-state index contributed by atoms with van der Waals surface area (Å²) in [6.45, 7) is 0.365. The number of carboxylic acid groups (broad SMARTS) is 1. The van der Waals surface area contributed by atoms with Crippen molar-refractivity contribution in [2.75, 3.05) is 39.3 Å². The number of amides is 1. The van der Waals surface area contributed by atoms with Gasteiger partial charge in [-0.15, -0.1) is 0 Å². The number of carbonyl (C=O) groups excluding carboxylic acids is 1. The van der Waals surface area contributed by atoms with E-state index in [4.69, 9.17) is 4.74 Å². The van der Waals surface area contributed by atoms with Crippen molar-refractivity contribution in [2.45, 2.75) is 18.4 Å². The number of aliphatic carboxylic acids is 1. The molecule has 0 radical (unpaired) electrons. The van der Waals surface area contributed by atoms with Gasteiger partial charge in [-0.05, 0) is 25.0 Å². The molecular weight excluding hydrogens is 286 g/mol. The van der Waals surface area contributed by atoms with Crippen molar-refractivity contribution in [3.05, 3.63) is 24.0 Å². The Morgan fingerprint density at radius 1 is 1.50 bits per heavy atom. The predicted molar refractivity (Wildman–Crippen MR) is 81.1 cm³/mol. The highest BCUT2D eigenvalue weighted by Gasteiger charge is 2.50. The highest BCUT2D eigenvalue weighted by atomic mass is 16.5. The Kier molecular flexibility index (Phi) is 4.65. The van der Waals surface area contributed by atoms with E-state index < -0.39 is 11.5 Å². The Morgan fingerprint density at radius 2 is 2.23 bits per heavy atom. The summed E-state index contributed by atoms with van der Waals surface area (Å²) in [5.41, 5.74) is -0.221. The van der Waals surface area contributed by atoms with Crippen LogP contribution in [0.5, 0.6) is 0 Å². The summed E-state index contributed by atoms with van der Waals surface area (Å²) in [5.74, 6) is -1.41. The third kappa shape index (κ3) is 2.76. The zero-order chi connectivity index (χ0) is 16.3. The first kappa shape index (κ1) is 16.2. The molecule has 0 aliphatic carbocycles. The van der Waals surface area contributed by atoms with Crippen LogP contribution in [-0.4, -0.2) is 66.8 Å². The standard InChI is InChI=1S/C15H21N3O4/c1-17(2)11-5-7-16-12(9-11)13(19)18-8-4-6-15(18,10-22-3)14(20)21/h5,7,9H,4,6,8,10H2,1-3H3,(H,20,21). The molecule has 7 nitrogen and oxygen atoms in total. The fourth-order valence-electron chi connectivity index (χ4n) is 2.80. The Balaban J connectivity index is 2.35. The molecule has 2 rings (SSSR count). The van der Waals surface area contributed by atoms with Crippen LogP contribution in [0.25, 0.3) is 0 Å². The molecule has 0 aromatic carbocycles. The third-order valence-corrected chi connectivity index (χ3v) is 3.99. The largest absolute Gasteiger partial charge is 0.479 e. The van der Waals surface area contributed by atoms with E-state index in [1.54, 1.807) is 18.3 Å². The third-order valence-electron chi connectivity index (χ3n) is 3.99. The van der Waals surface area contributed by atoms with Gasteiger partial charge in [0.2, 0.25) is 0 Å². The zero-order valence-corrected chi connectivity index (χ0v) is 13.1. The number of hydrogen-bond acceptors (Lipinski definition) is 5. The number of likely N-dealkylation sites (tertiary alicyclic amines) is 1. The second-order valence-electron chi connectivity index (χ2n) is 5.62. The Morgan fingerprint density at radius 3 is 2.82 bits per heavy atom. The minimum absolute atomic E-state index is 0.0263. The van der Waals surface area contributed by atoms with Crippen LogP contribution in [0.1, 0.15) is 23.3 Å². The second kappa shape index (κ2) is 6.31. The first-order chi connectivity index (χ1) is 10.4. The van der Waals surface area contributed by atoms with Gasteiger partial charge in [-0.25, -0.2) is 4.79 Å². The fraction of sp³-hybridized carbons (Fsp3) is 0.533. The highest BCUT2D eigenvalue weighted by Crippen LogP contribution is 2.31. The van der Waals surface area contributed by atoms with Crippen molar-refractivity contribution in [3.63, 3.8) is 0 Å². The van der Waals surface area contributed by atoms with Crippen molar-refractivity contribution in [1.29, 1.82) is 0 Å². The molecule has 22 heavy (non-hydrogen) atoms. The van der Waals surface area contributed by atoms with Crippen LogP contribution in [-0.2, 0) is 9.53 Å². The van der Waals surface area contributed by atoms with Crippen LogP contribution in [0, 0.1) is 0 Å². The van der Waals surface area contributed by atoms with Gasteiger partial charge < -0.3 is 19.6 Å². The molecule has 0 saturated carbocycles. The number of carboxylic acids is 1. The van der Waals surface area contributed by atoms with Gasteiger partial charge in [0.1, 0.15) is 5.69 Å².